The second-order valence-electron chi connectivity index (χ2n) is 13.6. The lowest BCUT2D eigenvalue weighted by molar-refractivity contribution is -0.117. The molecule has 2 heterocycles. The van der Waals surface area contributed by atoms with Gasteiger partial charge in [0.15, 0.2) is 0 Å². The summed E-state index contributed by atoms with van der Waals surface area (Å²) in [7, 11) is 0. The number of fused-ring (bicyclic) bond motifs is 6. The van der Waals surface area contributed by atoms with Gasteiger partial charge in [0.1, 0.15) is 23.3 Å². The van der Waals surface area contributed by atoms with Crippen molar-refractivity contribution in [3.8, 4) is 11.5 Å². The molecule has 2 aliphatic heterocycles. The quantitative estimate of drug-likeness (QED) is 0.0879. The molecule has 52 heavy (non-hydrogen) atoms. The molecule has 0 bridgehead atoms. The van der Waals surface area contributed by atoms with E-state index in [1.54, 1.807) is 13.8 Å². The smallest absolute Gasteiger partial charge is 0.255 e. The van der Waals surface area contributed by atoms with E-state index in [2.05, 4.69) is 109 Å². The predicted molar refractivity (Wildman–Crippen MR) is 211 cm³/mol. The Balaban J connectivity index is 1.60. The van der Waals surface area contributed by atoms with Crippen LogP contribution >= 0.6 is 0 Å². The van der Waals surface area contributed by atoms with Gasteiger partial charge in [-0.3, -0.25) is 19.8 Å². The minimum atomic E-state index is -0.936. The van der Waals surface area contributed by atoms with Crippen molar-refractivity contribution in [2.45, 2.75) is 53.3 Å². The molecule has 0 saturated carbocycles. The maximum atomic E-state index is 14.7. The second-order valence-corrected chi connectivity index (χ2v) is 13.6. The van der Waals surface area contributed by atoms with Crippen LogP contribution in [0.15, 0.2) is 85.0 Å². The summed E-state index contributed by atoms with van der Waals surface area (Å²) in [5.74, 6) is 1.24. The van der Waals surface area contributed by atoms with E-state index in [-0.39, 0.29) is 11.8 Å². The standard InChI is InChI=1S/C42H56N6O4/c1-9-46(10-2)31-17-19-35-37(27-31)52-38-28-32(47(11-3)12-4)18-20-36(38)42(35)34-16-14-13-15-33(34)41(51)48(42)26-25-45(23-21-43-39(49)29(5)6)24-22-44-40(50)30(7)8/h13-20,27-28,39,43,49H,5,7,9-12,21-26H2,1-4,6,8H3,(H,44,50). The van der Waals surface area contributed by atoms with Crippen LogP contribution in [0.5, 0.6) is 11.5 Å². The van der Waals surface area contributed by atoms with Crippen LogP contribution in [-0.2, 0) is 10.3 Å². The van der Waals surface area contributed by atoms with Crippen LogP contribution in [0.25, 0.3) is 0 Å². The molecule has 3 aromatic carbocycles. The molecule has 1 atom stereocenters. The molecule has 10 heteroatoms. The lowest BCUT2D eigenvalue weighted by Gasteiger charge is -2.45. The molecule has 0 radical (unpaired) electrons. The summed E-state index contributed by atoms with van der Waals surface area (Å²) >= 11 is 0. The van der Waals surface area contributed by atoms with Crippen molar-refractivity contribution < 1.29 is 19.4 Å². The molecule has 2 aliphatic rings. The third-order valence-corrected chi connectivity index (χ3v) is 10.4. The van der Waals surface area contributed by atoms with Crippen LogP contribution < -0.4 is 25.2 Å². The number of ether oxygens (including phenoxy) is 1. The van der Waals surface area contributed by atoms with Crippen LogP contribution in [-0.4, -0.2) is 98.4 Å². The molecule has 5 rings (SSSR count). The molecular weight excluding hydrogens is 652 g/mol. The number of carbonyl (C=O) groups excluding carboxylic acids is 2. The van der Waals surface area contributed by atoms with Crippen molar-refractivity contribution in [1.82, 2.24) is 20.4 Å². The van der Waals surface area contributed by atoms with Crippen molar-refractivity contribution in [3.63, 3.8) is 0 Å². The molecule has 0 aliphatic carbocycles. The van der Waals surface area contributed by atoms with Gasteiger partial charge in [0.05, 0.1) is 0 Å². The number of carbonyl (C=O) groups is 2. The van der Waals surface area contributed by atoms with Gasteiger partial charge in [-0.1, -0.05) is 43.5 Å². The van der Waals surface area contributed by atoms with Crippen molar-refractivity contribution >= 4 is 23.2 Å². The number of anilines is 2. The first-order valence-corrected chi connectivity index (χ1v) is 18.6. The lowest BCUT2D eigenvalue weighted by atomic mass is 9.74. The Morgan fingerprint density at radius 3 is 1.92 bits per heavy atom. The van der Waals surface area contributed by atoms with Crippen LogP contribution in [0.4, 0.5) is 11.4 Å². The Kier molecular flexibility index (Phi) is 12.5. The van der Waals surface area contributed by atoms with E-state index in [0.717, 1.165) is 65.7 Å². The summed E-state index contributed by atoms with van der Waals surface area (Å²) < 4.78 is 6.85. The first-order chi connectivity index (χ1) is 25.0. The number of rotatable bonds is 18. The third kappa shape index (κ3) is 7.46. The summed E-state index contributed by atoms with van der Waals surface area (Å²) in [6, 6.07) is 20.8. The van der Waals surface area contributed by atoms with Crippen LogP contribution in [0.2, 0.25) is 0 Å². The van der Waals surface area contributed by atoms with Gasteiger partial charge in [0, 0.05) is 111 Å². The highest BCUT2D eigenvalue weighted by atomic mass is 16.5. The molecule has 1 spiro atoms. The van der Waals surface area contributed by atoms with Crippen LogP contribution in [0, 0.1) is 0 Å². The van der Waals surface area contributed by atoms with Crippen molar-refractivity contribution in [2.24, 2.45) is 0 Å². The highest BCUT2D eigenvalue weighted by Crippen LogP contribution is 2.58. The number of benzene rings is 3. The van der Waals surface area contributed by atoms with Crippen molar-refractivity contribution in [2.75, 3.05) is 75.2 Å². The summed E-state index contributed by atoms with van der Waals surface area (Å²) in [5.41, 5.74) is 5.74. The van der Waals surface area contributed by atoms with Gasteiger partial charge in [-0.25, -0.2) is 0 Å². The molecule has 0 saturated heterocycles. The van der Waals surface area contributed by atoms with E-state index >= 15 is 0 Å². The molecule has 2 amide bonds. The van der Waals surface area contributed by atoms with Gasteiger partial charge < -0.3 is 29.9 Å². The summed E-state index contributed by atoms with van der Waals surface area (Å²) in [6.07, 6.45) is -0.819. The largest absolute Gasteiger partial charge is 0.456 e. The monoisotopic (exact) mass is 708 g/mol. The first-order valence-electron chi connectivity index (χ1n) is 18.6. The first kappa shape index (κ1) is 38.6. The van der Waals surface area contributed by atoms with Gasteiger partial charge in [-0.15, -0.1) is 0 Å². The maximum absolute atomic E-state index is 14.7. The van der Waals surface area contributed by atoms with Gasteiger partial charge >= 0.3 is 0 Å². The molecule has 3 aromatic rings. The number of aliphatic hydroxyl groups is 1. The highest BCUT2D eigenvalue weighted by molar-refractivity contribution is 6.02. The fourth-order valence-electron chi connectivity index (χ4n) is 7.49. The molecule has 278 valence electrons. The molecule has 1 unspecified atom stereocenters. The van der Waals surface area contributed by atoms with Gasteiger partial charge in [-0.2, -0.15) is 0 Å². The van der Waals surface area contributed by atoms with E-state index in [9.17, 15) is 14.7 Å². The number of hydrogen-bond acceptors (Lipinski definition) is 8. The molecule has 0 fully saturated rings. The van der Waals surface area contributed by atoms with E-state index < -0.39 is 11.8 Å². The maximum Gasteiger partial charge on any atom is 0.255 e. The Hall–Kier alpha value is -4.64. The Morgan fingerprint density at radius 2 is 1.38 bits per heavy atom. The number of nitrogens with one attached hydrogen (secondary N) is 2. The predicted octanol–water partition coefficient (Wildman–Crippen LogP) is 5.71. The number of amides is 2. The van der Waals surface area contributed by atoms with Crippen LogP contribution in [0.1, 0.15) is 68.6 Å². The molecule has 3 N–H and O–H groups in total. The van der Waals surface area contributed by atoms with Gasteiger partial charge in [0.25, 0.3) is 5.91 Å². The zero-order chi connectivity index (χ0) is 37.6. The molecular formula is C42H56N6O4. The Morgan fingerprint density at radius 1 is 0.827 bits per heavy atom. The van der Waals surface area contributed by atoms with E-state index in [1.807, 2.05) is 23.1 Å². The van der Waals surface area contributed by atoms with Gasteiger partial charge in [-0.05, 0) is 70.9 Å². The number of aliphatic hydroxyl groups excluding tert-OH is 1. The van der Waals surface area contributed by atoms with Crippen molar-refractivity contribution in [3.05, 3.63) is 107 Å². The summed E-state index contributed by atoms with van der Waals surface area (Å²) in [5, 5.41) is 16.4. The van der Waals surface area contributed by atoms with E-state index in [1.165, 1.54) is 0 Å². The number of nitrogens with zero attached hydrogens (tertiary/aromatic N) is 4. The minimum Gasteiger partial charge on any atom is -0.456 e. The lowest BCUT2D eigenvalue weighted by Crippen LogP contribution is -2.51. The van der Waals surface area contributed by atoms with Crippen molar-refractivity contribution in [1.29, 1.82) is 0 Å². The highest BCUT2D eigenvalue weighted by Gasteiger charge is 2.56. The zero-order valence-corrected chi connectivity index (χ0v) is 31.8. The SMILES string of the molecule is C=C(C)C(=O)NCCN(CCNC(O)C(=C)C)CCN1C(=O)c2ccccc2C12c1ccc(N(CC)CC)cc1Oc1cc(N(CC)CC)ccc12. The zero-order valence-electron chi connectivity index (χ0n) is 31.8. The Labute approximate surface area is 309 Å². The van der Waals surface area contributed by atoms with Gasteiger partial charge in [0.2, 0.25) is 5.91 Å². The van der Waals surface area contributed by atoms with E-state index in [4.69, 9.17) is 4.74 Å². The normalized spacial score (nSPS) is 14.4. The Bertz CT molecular complexity index is 1720. The fraction of sp³-hybridized carbons (Fsp3) is 0.429. The topological polar surface area (TPSA) is 101 Å². The third-order valence-electron chi connectivity index (χ3n) is 10.4. The molecule has 10 nitrogen and oxygen atoms in total. The molecule has 0 aromatic heterocycles. The fourth-order valence-corrected chi connectivity index (χ4v) is 7.49. The summed E-state index contributed by atoms with van der Waals surface area (Å²) in [6.45, 7) is 26.0. The summed E-state index contributed by atoms with van der Waals surface area (Å²) in [4.78, 5) is 35.9. The average Bonchev–Trinajstić information content (AvgIpc) is 3.38. The van der Waals surface area contributed by atoms with E-state index in [0.29, 0.717) is 56.0 Å². The second kappa shape index (κ2) is 16.8. The number of hydrogen-bond donors (Lipinski definition) is 3. The minimum absolute atomic E-state index is 0.0404. The average molecular weight is 709 g/mol. The van der Waals surface area contributed by atoms with Crippen LogP contribution in [0.3, 0.4) is 0 Å².